The quantitative estimate of drug-likeness (QED) is 0.0951. The maximum absolute atomic E-state index is 11.8. The van der Waals surface area contributed by atoms with Crippen molar-refractivity contribution < 1.29 is 38.6 Å². The lowest BCUT2D eigenvalue weighted by molar-refractivity contribution is -0.315. The standard InChI is InChI=1S/C24H38O8/c1-7-9-11-17-23(3,4)31-29-21(25)27-19-13-15-20(16-14-19)28-22(26)30-32-24(5,6)18-12-10-8-2/h13-16H,7-12,17-18H2,1-6H3. The summed E-state index contributed by atoms with van der Waals surface area (Å²) in [6, 6.07) is 5.80. The molecule has 8 heteroatoms. The van der Waals surface area contributed by atoms with E-state index < -0.39 is 23.5 Å². The van der Waals surface area contributed by atoms with Gasteiger partial charge in [0.1, 0.15) is 22.7 Å². The Morgan fingerprint density at radius 1 is 0.656 bits per heavy atom. The van der Waals surface area contributed by atoms with Crippen molar-refractivity contribution in [3.8, 4) is 11.5 Å². The molecule has 8 nitrogen and oxygen atoms in total. The van der Waals surface area contributed by atoms with Gasteiger partial charge in [-0.25, -0.2) is 9.59 Å². The number of benzene rings is 1. The first-order valence-electron chi connectivity index (χ1n) is 11.3. The molecule has 32 heavy (non-hydrogen) atoms. The van der Waals surface area contributed by atoms with E-state index in [1.807, 2.05) is 27.7 Å². The molecule has 1 aromatic carbocycles. The second kappa shape index (κ2) is 14.0. The zero-order valence-corrected chi connectivity index (χ0v) is 20.2. The van der Waals surface area contributed by atoms with Crippen LogP contribution in [0.1, 0.15) is 92.9 Å². The second-order valence-corrected chi connectivity index (χ2v) is 8.94. The van der Waals surface area contributed by atoms with Gasteiger partial charge >= 0.3 is 12.3 Å². The van der Waals surface area contributed by atoms with Crippen LogP contribution in [-0.4, -0.2) is 23.5 Å². The van der Waals surface area contributed by atoms with Crippen LogP contribution in [-0.2, 0) is 19.6 Å². The smallest absolute Gasteiger partial charge is 0.393 e. The zero-order chi connectivity index (χ0) is 24.0. The van der Waals surface area contributed by atoms with Gasteiger partial charge in [-0.3, -0.25) is 9.78 Å². The van der Waals surface area contributed by atoms with Crippen LogP contribution >= 0.6 is 0 Å². The maximum atomic E-state index is 11.8. The Kier molecular flexibility index (Phi) is 12.1. The van der Waals surface area contributed by atoms with Gasteiger partial charge < -0.3 is 9.47 Å². The van der Waals surface area contributed by atoms with Crippen molar-refractivity contribution in [3.63, 3.8) is 0 Å². The van der Waals surface area contributed by atoms with Crippen LogP contribution in [0, 0.1) is 0 Å². The number of ether oxygens (including phenoxy) is 2. The van der Waals surface area contributed by atoms with Gasteiger partial charge in [0.2, 0.25) is 0 Å². The molecule has 0 spiro atoms. The number of unbranched alkanes of at least 4 members (excludes halogenated alkanes) is 4. The average Bonchev–Trinajstić information content (AvgIpc) is 2.73. The number of carbonyl (C=O) groups excluding carboxylic acids is 2. The summed E-state index contributed by atoms with van der Waals surface area (Å²) in [5.41, 5.74) is -1.20. The van der Waals surface area contributed by atoms with Crippen molar-refractivity contribution in [2.45, 2.75) is 104 Å². The van der Waals surface area contributed by atoms with Gasteiger partial charge in [0.05, 0.1) is 0 Å². The van der Waals surface area contributed by atoms with Crippen molar-refractivity contribution in [2.24, 2.45) is 0 Å². The normalized spacial score (nSPS) is 11.7. The van der Waals surface area contributed by atoms with Gasteiger partial charge in [-0.1, -0.05) is 52.4 Å². The van der Waals surface area contributed by atoms with E-state index in [4.69, 9.17) is 29.0 Å². The molecule has 1 aromatic rings. The second-order valence-electron chi connectivity index (χ2n) is 8.94. The zero-order valence-electron chi connectivity index (χ0n) is 20.2. The van der Waals surface area contributed by atoms with E-state index >= 15 is 0 Å². The van der Waals surface area contributed by atoms with Crippen LogP contribution < -0.4 is 9.47 Å². The summed E-state index contributed by atoms with van der Waals surface area (Å²) in [6.07, 6.45) is 5.87. The lowest BCUT2D eigenvalue weighted by Crippen LogP contribution is -2.27. The monoisotopic (exact) mass is 454 g/mol. The SMILES string of the molecule is CCCCCC(C)(C)OOC(=O)Oc1ccc(OC(=O)OOC(C)(C)CCCCC)cc1. The van der Waals surface area contributed by atoms with Crippen LogP contribution in [0.3, 0.4) is 0 Å². The van der Waals surface area contributed by atoms with E-state index in [0.29, 0.717) is 0 Å². The molecule has 0 aliphatic carbocycles. The molecular formula is C24H38O8. The average molecular weight is 455 g/mol. The fourth-order valence-electron chi connectivity index (χ4n) is 2.78. The Morgan fingerprint density at radius 3 is 1.31 bits per heavy atom. The Labute approximate surface area is 191 Å². The summed E-state index contributed by atoms with van der Waals surface area (Å²) in [5, 5.41) is 0. The molecule has 0 amide bonds. The third-order valence-corrected chi connectivity index (χ3v) is 4.66. The molecule has 0 aliphatic rings. The molecular weight excluding hydrogens is 416 g/mol. The Morgan fingerprint density at radius 2 is 1.00 bits per heavy atom. The van der Waals surface area contributed by atoms with Crippen LogP contribution in [0.2, 0.25) is 0 Å². The predicted octanol–water partition coefficient (Wildman–Crippen LogP) is 7.30. The van der Waals surface area contributed by atoms with Crippen LogP contribution in [0.25, 0.3) is 0 Å². The van der Waals surface area contributed by atoms with Gasteiger partial charge in [0.15, 0.2) is 0 Å². The van der Waals surface area contributed by atoms with Gasteiger partial charge in [-0.2, -0.15) is 9.78 Å². The summed E-state index contributed by atoms with van der Waals surface area (Å²) in [5.74, 6) is 0.410. The van der Waals surface area contributed by atoms with Crippen LogP contribution in [0.4, 0.5) is 9.59 Å². The third-order valence-electron chi connectivity index (χ3n) is 4.66. The number of hydrogen-bond acceptors (Lipinski definition) is 8. The van der Waals surface area contributed by atoms with Gasteiger partial charge in [-0.05, 0) is 64.8 Å². The minimum absolute atomic E-state index is 0.205. The molecule has 182 valence electrons. The largest absolute Gasteiger partial charge is 0.546 e. The third kappa shape index (κ3) is 12.5. The summed E-state index contributed by atoms with van der Waals surface area (Å²) in [6.45, 7) is 11.6. The molecule has 0 heterocycles. The fraction of sp³-hybridized carbons (Fsp3) is 0.667. The summed E-state index contributed by atoms with van der Waals surface area (Å²) >= 11 is 0. The molecule has 1 rings (SSSR count). The molecule has 0 aliphatic heterocycles. The van der Waals surface area contributed by atoms with E-state index in [0.717, 1.165) is 51.4 Å². The Hall–Kier alpha value is -2.32. The van der Waals surface area contributed by atoms with E-state index in [9.17, 15) is 9.59 Å². The number of rotatable bonds is 14. The molecule has 0 atom stereocenters. The van der Waals surface area contributed by atoms with Crippen molar-refractivity contribution in [3.05, 3.63) is 24.3 Å². The lowest BCUT2D eigenvalue weighted by atomic mass is 10.0. The Bertz CT molecular complexity index is 623. The first-order chi connectivity index (χ1) is 15.1. The first kappa shape index (κ1) is 27.7. The van der Waals surface area contributed by atoms with E-state index in [1.54, 1.807) is 0 Å². The van der Waals surface area contributed by atoms with Gasteiger partial charge in [0.25, 0.3) is 0 Å². The highest BCUT2D eigenvalue weighted by molar-refractivity contribution is 5.64. The van der Waals surface area contributed by atoms with Crippen molar-refractivity contribution in [1.29, 1.82) is 0 Å². The number of hydrogen-bond donors (Lipinski definition) is 0. The fourth-order valence-corrected chi connectivity index (χ4v) is 2.78. The van der Waals surface area contributed by atoms with E-state index in [2.05, 4.69) is 13.8 Å². The molecule has 0 saturated carbocycles. The number of carbonyl (C=O) groups is 2. The van der Waals surface area contributed by atoms with Crippen molar-refractivity contribution in [2.75, 3.05) is 0 Å². The van der Waals surface area contributed by atoms with E-state index in [1.165, 1.54) is 24.3 Å². The molecule has 0 saturated heterocycles. The molecule has 0 radical (unpaired) electrons. The van der Waals surface area contributed by atoms with Crippen molar-refractivity contribution in [1.82, 2.24) is 0 Å². The van der Waals surface area contributed by atoms with Crippen LogP contribution in [0.5, 0.6) is 11.5 Å². The maximum Gasteiger partial charge on any atom is 0.546 e. The predicted molar refractivity (Wildman–Crippen MR) is 119 cm³/mol. The summed E-state index contributed by atoms with van der Waals surface area (Å²) in [7, 11) is 0. The van der Waals surface area contributed by atoms with Crippen molar-refractivity contribution >= 4 is 12.3 Å². The Balaban J connectivity index is 2.39. The molecule has 0 unspecified atom stereocenters. The minimum atomic E-state index is -0.986. The van der Waals surface area contributed by atoms with E-state index in [-0.39, 0.29) is 11.5 Å². The van der Waals surface area contributed by atoms with Gasteiger partial charge in [-0.15, -0.1) is 0 Å². The molecule has 0 fully saturated rings. The lowest BCUT2D eigenvalue weighted by Gasteiger charge is -2.22. The topological polar surface area (TPSA) is 89.5 Å². The molecule has 0 aromatic heterocycles. The summed E-state index contributed by atoms with van der Waals surface area (Å²) < 4.78 is 10.1. The molecule has 0 N–H and O–H groups in total. The van der Waals surface area contributed by atoms with Crippen LogP contribution in [0.15, 0.2) is 24.3 Å². The highest BCUT2D eigenvalue weighted by atomic mass is 17.2. The molecule has 0 bridgehead atoms. The highest BCUT2D eigenvalue weighted by Crippen LogP contribution is 2.22. The first-order valence-corrected chi connectivity index (χ1v) is 11.3. The van der Waals surface area contributed by atoms with Gasteiger partial charge in [0, 0.05) is 0 Å². The highest BCUT2D eigenvalue weighted by Gasteiger charge is 2.24. The minimum Gasteiger partial charge on any atom is -0.393 e. The summed E-state index contributed by atoms with van der Waals surface area (Å²) in [4.78, 5) is 43.6.